The van der Waals surface area contributed by atoms with Crippen LogP contribution in [0.25, 0.3) is 55.5 Å². The van der Waals surface area contributed by atoms with Gasteiger partial charge in [0.1, 0.15) is 5.75 Å². The third kappa shape index (κ3) is 3.89. The average Bonchev–Trinajstić information content (AvgIpc) is 3.33. The number of pyridine rings is 2. The van der Waals surface area contributed by atoms with E-state index in [4.69, 9.17) is 4.98 Å². The number of aromatic nitrogens is 4. The molecule has 0 aliphatic carbocycles. The number of benzene rings is 4. The Kier molecular flexibility index (Phi) is 5.78. The molecule has 6 heteroatoms. The van der Waals surface area contributed by atoms with Gasteiger partial charge in [-0.1, -0.05) is 60.7 Å². The van der Waals surface area contributed by atoms with Crippen molar-refractivity contribution >= 4 is 32.8 Å². The smallest absolute Gasteiger partial charge is 0.507 e. The minimum atomic E-state index is 0. The molecule has 0 atom stereocenters. The minimum Gasteiger partial charge on any atom is -0.507 e. The summed E-state index contributed by atoms with van der Waals surface area (Å²) in [5.74, 6) is 0.173. The number of phenols is 1. The van der Waals surface area contributed by atoms with Crippen molar-refractivity contribution in [3.05, 3.63) is 122 Å². The maximum Gasteiger partial charge on any atom is 2.00 e. The number of hydrogen-bond acceptors (Lipinski definition) is 3. The van der Waals surface area contributed by atoms with Crippen molar-refractivity contribution in [1.29, 1.82) is 0 Å². The maximum absolute atomic E-state index is 10.5. The summed E-state index contributed by atoms with van der Waals surface area (Å²) < 4.78 is 4.09. The Balaban J connectivity index is 0.00000252. The molecule has 0 unspecified atom stereocenters. The van der Waals surface area contributed by atoms with E-state index in [0.29, 0.717) is 16.4 Å². The first-order valence-corrected chi connectivity index (χ1v) is 11.7. The van der Waals surface area contributed by atoms with Crippen LogP contribution < -0.4 is 4.57 Å². The standard InChI is InChI=1S/C31H19N4O.Pt/c36-29-15-7-12-26-30(29)31-22(19-32-26)16-17-25(33-31)21-8-6-11-24(18-21)35-20-34(23-9-2-1-3-10-23)27-13-4-5-14-28(27)35;/h1-17,19,36H;/q-1;+2. The third-order valence-electron chi connectivity index (χ3n) is 6.40. The van der Waals surface area contributed by atoms with Crippen molar-refractivity contribution in [2.45, 2.75) is 0 Å². The van der Waals surface area contributed by atoms with Gasteiger partial charge in [-0.05, 0) is 35.6 Å². The third-order valence-corrected chi connectivity index (χ3v) is 6.40. The number of hydrogen-bond donors (Lipinski definition) is 1. The van der Waals surface area contributed by atoms with E-state index in [9.17, 15) is 5.11 Å². The van der Waals surface area contributed by atoms with Crippen LogP contribution >= 0.6 is 0 Å². The fourth-order valence-corrected chi connectivity index (χ4v) is 4.69. The zero-order chi connectivity index (χ0) is 24.1. The quantitative estimate of drug-likeness (QED) is 0.145. The van der Waals surface area contributed by atoms with Crippen LogP contribution in [-0.4, -0.2) is 19.6 Å². The van der Waals surface area contributed by atoms with Crippen LogP contribution in [0, 0.1) is 12.4 Å². The SMILES string of the molecule is Oc1cccc2ncc3ccc(-c4[c-]c(-[n+]5[c-]n(-c6ccccc6)c6ccccc65)ccc4)nc3c12.[Pt+2]. The zero-order valence-electron chi connectivity index (χ0n) is 19.4. The maximum atomic E-state index is 10.5. The van der Waals surface area contributed by atoms with Crippen LogP contribution in [0.15, 0.2) is 109 Å². The van der Waals surface area contributed by atoms with Crippen LogP contribution in [0.3, 0.4) is 0 Å². The summed E-state index contributed by atoms with van der Waals surface area (Å²) in [6.45, 7) is 0. The number of imidazole rings is 1. The molecule has 0 aliphatic heterocycles. The number of nitrogens with zero attached hydrogens (tertiary/aromatic N) is 4. The minimum absolute atomic E-state index is 0. The summed E-state index contributed by atoms with van der Waals surface area (Å²) in [5.41, 5.74) is 7.05. The van der Waals surface area contributed by atoms with E-state index in [1.165, 1.54) is 0 Å². The number of para-hydroxylation sites is 3. The molecule has 0 radical (unpaired) electrons. The van der Waals surface area contributed by atoms with Gasteiger partial charge in [-0.2, -0.15) is 0 Å². The summed E-state index contributed by atoms with van der Waals surface area (Å²) in [6, 6.07) is 37.3. The largest absolute Gasteiger partial charge is 2.00 e. The van der Waals surface area contributed by atoms with Gasteiger partial charge in [-0.25, -0.2) is 0 Å². The Morgan fingerprint density at radius 3 is 2.49 bits per heavy atom. The molecule has 0 saturated carbocycles. The second kappa shape index (κ2) is 9.27. The van der Waals surface area contributed by atoms with E-state index in [0.717, 1.165) is 39.1 Å². The monoisotopic (exact) mass is 658 g/mol. The van der Waals surface area contributed by atoms with Gasteiger partial charge >= 0.3 is 21.1 Å². The molecule has 0 spiro atoms. The second-order valence-corrected chi connectivity index (χ2v) is 8.61. The number of aromatic hydroxyl groups is 1. The van der Waals surface area contributed by atoms with Crippen molar-refractivity contribution in [1.82, 2.24) is 14.5 Å². The van der Waals surface area contributed by atoms with Gasteiger partial charge in [0.25, 0.3) is 6.33 Å². The first-order chi connectivity index (χ1) is 17.8. The number of fused-ring (bicyclic) bond motifs is 4. The van der Waals surface area contributed by atoms with Gasteiger partial charge in [0.15, 0.2) is 0 Å². The molecule has 7 aromatic rings. The topological polar surface area (TPSA) is 54.8 Å². The molecule has 0 amide bonds. The van der Waals surface area contributed by atoms with E-state index in [1.807, 2.05) is 71.3 Å². The Morgan fingerprint density at radius 2 is 1.59 bits per heavy atom. The van der Waals surface area contributed by atoms with Gasteiger partial charge in [0.05, 0.1) is 33.1 Å². The summed E-state index contributed by atoms with van der Waals surface area (Å²) >= 11 is 0. The molecule has 178 valence electrons. The number of phenolic OH excluding ortho intramolecular Hbond substituents is 1. The molecule has 3 aromatic heterocycles. The Labute approximate surface area is 227 Å². The summed E-state index contributed by atoms with van der Waals surface area (Å²) in [7, 11) is 0. The van der Waals surface area contributed by atoms with Crippen LogP contribution in [0.5, 0.6) is 5.75 Å². The van der Waals surface area contributed by atoms with Gasteiger partial charge in [-0.15, -0.1) is 29.8 Å². The van der Waals surface area contributed by atoms with Crippen molar-refractivity contribution in [2.75, 3.05) is 0 Å². The molecule has 0 aliphatic rings. The summed E-state index contributed by atoms with van der Waals surface area (Å²) in [6.07, 6.45) is 5.29. The first kappa shape index (κ1) is 23.1. The predicted molar refractivity (Wildman–Crippen MR) is 140 cm³/mol. The van der Waals surface area contributed by atoms with Crippen molar-refractivity contribution < 1.29 is 30.7 Å². The van der Waals surface area contributed by atoms with Crippen LogP contribution in [0.2, 0.25) is 0 Å². The molecular weight excluding hydrogens is 639 g/mol. The van der Waals surface area contributed by atoms with E-state index in [2.05, 4.69) is 46.2 Å². The van der Waals surface area contributed by atoms with Crippen molar-refractivity contribution in [3.63, 3.8) is 0 Å². The molecule has 7 rings (SSSR count). The van der Waals surface area contributed by atoms with Gasteiger partial charge in [-0.3, -0.25) is 14.5 Å². The van der Waals surface area contributed by atoms with E-state index >= 15 is 0 Å². The Morgan fingerprint density at radius 1 is 0.784 bits per heavy atom. The van der Waals surface area contributed by atoms with Crippen molar-refractivity contribution in [2.24, 2.45) is 0 Å². The summed E-state index contributed by atoms with van der Waals surface area (Å²) in [5, 5.41) is 12.0. The van der Waals surface area contributed by atoms with Crippen LogP contribution in [0.1, 0.15) is 0 Å². The normalized spacial score (nSPS) is 11.1. The van der Waals surface area contributed by atoms with Gasteiger partial charge < -0.3 is 9.67 Å². The fourth-order valence-electron chi connectivity index (χ4n) is 4.69. The second-order valence-electron chi connectivity index (χ2n) is 8.61. The van der Waals surface area contributed by atoms with Crippen LogP contribution in [-0.2, 0) is 21.1 Å². The molecule has 37 heavy (non-hydrogen) atoms. The van der Waals surface area contributed by atoms with Gasteiger partial charge in [0.2, 0.25) is 0 Å². The van der Waals surface area contributed by atoms with Gasteiger partial charge in [0, 0.05) is 11.6 Å². The molecule has 0 bridgehead atoms. The first-order valence-electron chi connectivity index (χ1n) is 11.7. The number of rotatable bonds is 3. The van der Waals surface area contributed by atoms with E-state index in [-0.39, 0.29) is 26.8 Å². The molecule has 0 saturated heterocycles. The van der Waals surface area contributed by atoms with Crippen molar-refractivity contribution in [3.8, 4) is 28.4 Å². The van der Waals surface area contributed by atoms with E-state index in [1.54, 1.807) is 18.3 Å². The van der Waals surface area contributed by atoms with Crippen LogP contribution in [0.4, 0.5) is 0 Å². The molecule has 1 N–H and O–H groups in total. The zero-order valence-corrected chi connectivity index (χ0v) is 21.7. The van der Waals surface area contributed by atoms with E-state index < -0.39 is 0 Å². The molecule has 4 aromatic carbocycles. The fraction of sp³-hybridized carbons (Fsp3) is 0. The molecule has 5 nitrogen and oxygen atoms in total. The Hall–Kier alpha value is -4.34. The molecule has 3 heterocycles. The Bertz CT molecular complexity index is 1910. The molecular formula is C31H19N4OPt+. The average molecular weight is 659 g/mol. The predicted octanol–water partition coefficient (Wildman–Crippen LogP) is 5.97. The summed E-state index contributed by atoms with van der Waals surface area (Å²) in [4.78, 5) is 9.39. The molecule has 0 fully saturated rings.